The summed E-state index contributed by atoms with van der Waals surface area (Å²) < 4.78 is 5.36. The normalized spacial score (nSPS) is 10.5. The Labute approximate surface area is 158 Å². The quantitative estimate of drug-likeness (QED) is 0.669. The van der Waals surface area contributed by atoms with Crippen LogP contribution in [0, 0.1) is 0 Å². The summed E-state index contributed by atoms with van der Waals surface area (Å²) in [7, 11) is 1.62. The summed E-state index contributed by atoms with van der Waals surface area (Å²) in [4.78, 5) is 19.0. The van der Waals surface area contributed by atoms with E-state index in [9.17, 15) is 4.79 Å². The molecule has 7 nitrogen and oxygen atoms in total. The molecule has 1 aromatic carbocycles. The van der Waals surface area contributed by atoms with E-state index in [1.165, 1.54) is 0 Å². The fraction of sp³-hybridized carbons (Fsp3) is 0.250. The monoisotopic (exact) mass is 365 g/mol. The number of benzene rings is 1. The third-order valence-corrected chi connectivity index (χ3v) is 4.31. The van der Waals surface area contributed by atoms with Crippen LogP contribution in [0.25, 0.3) is 11.3 Å². The highest BCUT2D eigenvalue weighted by Crippen LogP contribution is 2.29. The molecule has 3 aromatic rings. The number of rotatable bonds is 7. The third-order valence-electron chi connectivity index (χ3n) is 4.31. The van der Waals surface area contributed by atoms with E-state index in [0.717, 1.165) is 35.9 Å². The molecule has 0 aliphatic carbocycles. The van der Waals surface area contributed by atoms with Crippen LogP contribution < -0.4 is 15.0 Å². The molecule has 2 aromatic heterocycles. The zero-order chi connectivity index (χ0) is 19.2. The van der Waals surface area contributed by atoms with Crippen LogP contribution in [0.1, 0.15) is 24.2 Å². The molecule has 0 bridgehead atoms. The molecule has 0 atom stereocenters. The molecule has 0 spiro atoms. The molecule has 0 unspecified atom stereocenters. The second kappa shape index (κ2) is 8.35. The van der Waals surface area contributed by atoms with Gasteiger partial charge in [0.25, 0.3) is 5.91 Å². The lowest BCUT2D eigenvalue weighted by atomic mass is 10.1. The number of carbonyl (C=O) groups excluding carboxylic acids is 1. The number of carbonyl (C=O) groups is 1. The van der Waals surface area contributed by atoms with Crippen molar-refractivity contribution in [3.8, 4) is 17.0 Å². The van der Waals surface area contributed by atoms with Gasteiger partial charge in [0.15, 0.2) is 5.82 Å². The van der Waals surface area contributed by atoms with Crippen LogP contribution in [0.3, 0.4) is 0 Å². The first-order chi connectivity index (χ1) is 13.2. The summed E-state index contributed by atoms with van der Waals surface area (Å²) in [6, 6.07) is 13.0. The Bertz CT molecular complexity index is 901. The molecule has 140 valence electrons. The van der Waals surface area contributed by atoms with Gasteiger partial charge in [-0.25, -0.2) is 4.98 Å². The summed E-state index contributed by atoms with van der Waals surface area (Å²) in [5.74, 6) is 1.77. The van der Waals surface area contributed by atoms with Crippen molar-refractivity contribution in [3.05, 3.63) is 54.2 Å². The standard InChI is InChI=1S/C20H23N5O2/c1-4-25(5-2)19-11-10-14(13-21-19)20(26)22-18-12-16(23-24-18)15-8-6-7-9-17(15)27-3/h6-13H,4-5H2,1-3H3,(H2,22,23,24,26). The SMILES string of the molecule is CCN(CC)c1ccc(C(=O)Nc2cc(-c3ccccc3OC)[nH]n2)cn1. The smallest absolute Gasteiger partial charge is 0.258 e. The van der Waals surface area contributed by atoms with Crippen LogP contribution in [0.15, 0.2) is 48.7 Å². The van der Waals surface area contributed by atoms with E-state index < -0.39 is 0 Å². The van der Waals surface area contributed by atoms with Crippen molar-refractivity contribution in [2.24, 2.45) is 0 Å². The van der Waals surface area contributed by atoms with Gasteiger partial charge < -0.3 is 15.0 Å². The number of para-hydroxylation sites is 1. The predicted octanol–water partition coefficient (Wildman–Crippen LogP) is 3.58. The molecule has 0 fully saturated rings. The molecule has 2 N–H and O–H groups in total. The summed E-state index contributed by atoms with van der Waals surface area (Å²) >= 11 is 0. The van der Waals surface area contributed by atoms with Gasteiger partial charge in [-0.05, 0) is 38.1 Å². The number of amides is 1. The highest BCUT2D eigenvalue weighted by Gasteiger charge is 2.13. The van der Waals surface area contributed by atoms with E-state index in [1.807, 2.05) is 30.3 Å². The van der Waals surface area contributed by atoms with Crippen molar-refractivity contribution in [3.63, 3.8) is 0 Å². The van der Waals surface area contributed by atoms with Crippen molar-refractivity contribution in [2.45, 2.75) is 13.8 Å². The molecular weight excluding hydrogens is 342 g/mol. The molecular formula is C20H23N5O2. The van der Waals surface area contributed by atoms with E-state index in [0.29, 0.717) is 11.4 Å². The number of hydrogen-bond donors (Lipinski definition) is 2. The van der Waals surface area contributed by atoms with Crippen molar-refractivity contribution in [1.29, 1.82) is 0 Å². The topological polar surface area (TPSA) is 83.1 Å². The summed E-state index contributed by atoms with van der Waals surface area (Å²) in [5, 5.41) is 9.88. The summed E-state index contributed by atoms with van der Waals surface area (Å²) in [6.07, 6.45) is 1.58. The molecule has 2 heterocycles. The Balaban J connectivity index is 1.73. The van der Waals surface area contributed by atoms with Gasteiger partial charge in [0.1, 0.15) is 11.6 Å². The second-order valence-electron chi connectivity index (χ2n) is 5.90. The second-order valence-corrected chi connectivity index (χ2v) is 5.90. The van der Waals surface area contributed by atoms with Crippen molar-refractivity contribution >= 4 is 17.5 Å². The Kier molecular flexibility index (Phi) is 5.71. The summed E-state index contributed by atoms with van der Waals surface area (Å²) in [6.45, 7) is 5.88. The number of anilines is 2. The van der Waals surface area contributed by atoms with E-state index in [-0.39, 0.29) is 5.91 Å². The lowest BCUT2D eigenvalue weighted by Gasteiger charge is -2.19. The largest absolute Gasteiger partial charge is 0.496 e. The van der Waals surface area contributed by atoms with Crippen LogP contribution in [-0.4, -0.2) is 41.3 Å². The maximum atomic E-state index is 12.5. The molecule has 3 rings (SSSR count). The van der Waals surface area contributed by atoms with E-state index >= 15 is 0 Å². The van der Waals surface area contributed by atoms with Crippen molar-refractivity contribution in [2.75, 3.05) is 30.4 Å². The number of pyridine rings is 1. The van der Waals surface area contributed by atoms with Crippen LogP contribution in [0.5, 0.6) is 5.75 Å². The van der Waals surface area contributed by atoms with Gasteiger partial charge in [-0.1, -0.05) is 12.1 Å². The Morgan fingerprint density at radius 2 is 1.96 bits per heavy atom. The Morgan fingerprint density at radius 1 is 1.19 bits per heavy atom. The first-order valence-electron chi connectivity index (χ1n) is 8.87. The average Bonchev–Trinajstić information content (AvgIpc) is 3.17. The zero-order valence-corrected chi connectivity index (χ0v) is 15.7. The molecule has 0 saturated heterocycles. The van der Waals surface area contributed by atoms with Crippen molar-refractivity contribution < 1.29 is 9.53 Å². The molecule has 0 radical (unpaired) electrons. The van der Waals surface area contributed by atoms with Gasteiger partial charge in [-0.2, -0.15) is 5.10 Å². The van der Waals surface area contributed by atoms with Crippen LogP contribution in [0.2, 0.25) is 0 Å². The molecule has 0 saturated carbocycles. The fourth-order valence-corrected chi connectivity index (χ4v) is 2.83. The number of aromatic amines is 1. The molecule has 0 aliphatic heterocycles. The number of nitrogens with one attached hydrogen (secondary N) is 2. The number of aromatic nitrogens is 3. The van der Waals surface area contributed by atoms with Gasteiger partial charge in [0.05, 0.1) is 18.4 Å². The van der Waals surface area contributed by atoms with Crippen LogP contribution in [-0.2, 0) is 0 Å². The highest BCUT2D eigenvalue weighted by atomic mass is 16.5. The lowest BCUT2D eigenvalue weighted by molar-refractivity contribution is 0.102. The average molecular weight is 365 g/mol. The number of ether oxygens (including phenoxy) is 1. The van der Waals surface area contributed by atoms with Gasteiger partial charge in [-0.3, -0.25) is 9.89 Å². The number of methoxy groups -OCH3 is 1. The number of H-pyrrole nitrogens is 1. The van der Waals surface area contributed by atoms with E-state index in [2.05, 4.69) is 39.2 Å². The van der Waals surface area contributed by atoms with Crippen LogP contribution >= 0.6 is 0 Å². The minimum Gasteiger partial charge on any atom is -0.496 e. The zero-order valence-electron chi connectivity index (χ0n) is 15.7. The van der Waals surface area contributed by atoms with Gasteiger partial charge >= 0.3 is 0 Å². The maximum Gasteiger partial charge on any atom is 0.258 e. The Morgan fingerprint density at radius 3 is 2.63 bits per heavy atom. The maximum absolute atomic E-state index is 12.5. The minimum atomic E-state index is -0.258. The third kappa shape index (κ3) is 4.08. The molecule has 7 heteroatoms. The molecule has 27 heavy (non-hydrogen) atoms. The first kappa shape index (κ1) is 18.4. The molecule has 1 amide bonds. The van der Waals surface area contributed by atoms with Gasteiger partial charge in [-0.15, -0.1) is 0 Å². The first-order valence-corrected chi connectivity index (χ1v) is 8.87. The highest BCUT2D eigenvalue weighted by molar-refractivity contribution is 6.03. The Hall–Kier alpha value is -3.35. The van der Waals surface area contributed by atoms with Crippen molar-refractivity contribution in [1.82, 2.24) is 15.2 Å². The summed E-state index contributed by atoms with van der Waals surface area (Å²) in [5.41, 5.74) is 2.11. The van der Waals surface area contributed by atoms with E-state index in [4.69, 9.17) is 4.74 Å². The van der Waals surface area contributed by atoms with Gasteiger partial charge in [0, 0.05) is 30.9 Å². The predicted molar refractivity (Wildman–Crippen MR) is 106 cm³/mol. The van der Waals surface area contributed by atoms with E-state index in [1.54, 1.807) is 25.4 Å². The van der Waals surface area contributed by atoms with Gasteiger partial charge in [0.2, 0.25) is 0 Å². The van der Waals surface area contributed by atoms with Crippen LogP contribution in [0.4, 0.5) is 11.6 Å². The minimum absolute atomic E-state index is 0.258. The number of hydrogen-bond acceptors (Lipinski definition) is 5. The number of nitrogens with zero attached hydrogens (tertiary/aromatic N) is 3. The fourth-order valence-electron chi connectivity index (χ4n) is 2.83. The lowest BCUT2D eigenvalue weighted by Crippen LogP contribution is -2.23. The molecule has 0 aliphatic rings.